The molecule has 2 N–H and O–H groups in total. The lowest BCUT2D eigenvalue weighted by molar-refractivity contribution is -0.120. The molecule has 2 nitrogen and oxygen atoms in total. The van der Waals surface area contributed by atoms with Crippen LogP contribution in [-0.2, 0) is 4.79 Å². The first-order valence-corrected chi connectivity index (χ1v) is 6.98. The summed E-state index contributed by atoms with van der Waals surface area (Å²) in [5, 5.41) is 0. The fourth-order valence-corrected chi connectivity index (χ4v) is 2.56. The number of ketones is 1. The SMILES string of the molecule is CCCC(CCN)CCC(=O)CC1CCC1. The predicted octanol–water partition coefficient (Wildman–Crippen LogP) is 3.29. The average Bonchev–Trinajstić information content (AvgIpc) is 2.21. The summed E-state index contributed by atoms with van der Waals surface area (Å²) < 4.78 is 0. The van der Waals surface area contributed by atoms with Crippen LogP contribution in [0.3, 0.4) is 0 Å². The Kier molecular flexibility index (Phi) is 6.70. The van der Waals surface area contributed by atoms with Gasteiger partial charge in [0.25, 0.3) is 0 Å². The lowest BCUT2D eigenvalue weighted by Gasteiger charge is -2.24. The van der Waals surface area contributed by atoms with E-state index in [0.29, 0.717) is 11.7 Å². The molecule has 0 bridgehead atoms. The largest absolute Gasteiger partial charge is 0.330 e. The van der Waals surface area contributed by atoms with Crippen molar-refractivity contribution in [2.45, 2.75) is 64.7 Å². The Morgan fingerprint density at radius 1 is 1.31 bits per heavy atom. The monoisotopic (exact) mass is 225 g/mol. The molecule has 0 aromatic carbocycles. The Morgan fingerprint density at radius 2 is 2.06 bits per heavy atom. The fourth-order valence-electron chi connectivity index (χ4n) is 2.56. The number of hydrogen-bond donors (Lipinski definition) is 1. The Hall–Kier alpha value is -0.370. The van der Waals surface area contributed by atoms with Crippen molar-refractivity contribution in [3.05, 3.63) is 0 Å². The maximum Gasteiger partial charge on any atom is 0.133 e. The number of nitrogens with two attached hydrogens (primary N) is 1. The van der Waals surface area contributed by atoms with Crippen molar-refractivity contribution >= 4 is 5.78 Å². The summed E-state index contributed by atoms with van der Waals surface area (Å²) in [4.78, 5) is 11.7. The maximum absolute atomic E-state index is 11.7. The molecular formula is C14H27NO. The molecule has 0 saturated heterocycles. The maximum atomic E-state index is 11.7. The molecule has 0 spiro atoms. The number of hydrogen-bond acceptors (Lipinski definition) is 2. The smallest absolute Gasteiger partial charge is 0.133 e. The van der Waals surface area contributed by atoms with E-state index in [1.165, 1.54) is 32.1 Å². The molecule has 0 aromatic rings. The number of carbonyl (C=O) groups excluding carboxylic acids is 1. The van der Waals surface area contributed by atoms with E-state index in [9.17, 15) is 4.79 Å². The van der Waals surface area contributed by atoms with E-state index in [0.717, 1.165) is 38.1 Å². The van der Waals surface area contributed by atoms with E-state index in [4.69, 9.17) is 5.73 Å². The first-order chi connectivity index (χ1) is 7.76. The van der Waals surface area contributed by atoms with Crippen molar-refractivity contribution in [1.82, 2.24) is 0 Å². The molecule has 1 aliphatic carbocycles. The summed E-state index contributed by atoms with van der Waals surface area (Å²) in [5.41, 5.74) is 5.59. The average molecular weight is 225 g/mol. The molecule has 1 rings (SSSR count). The third kappa shape index (κ3) is 5.11. The first-order valence-electron chi connectivity index (χ1n) is 6.98. The second-order valence-electron chi connectivity index (χ2n) is 5.31. The van der Waals surface area contributed by atoms with Gasteiger partial charge in [-0.3, -0.25) is 4.79 Å². The lowest BCUT2D eigenvalue weighted by atomic mass is 9.81. The highest BCUT2D eigenvalue weighted by Gasteiger charge is 2.20. The zero-order valence-electron chi connectivity index (χ0n) is 10.7. The first kappa shape index (κ1) is 13.7. The van der Waals surface area contributed by atoms with Gasteiger partial charge in [-0.1, -0.05) is 39.0 Å². The van der Waals surface area contributed by atoms with Gasteiger partial charge >= 0.3 is 0 Å². The zero-order chi connectivity index (χ0) is 11.8. The van der Waals surface area contributed by atoms with Crippen LogP contribution in [0.25, 0.3) is 0 Å². The van der Waals surface area contributed by atoms with Crippen molar-refractivity contribution in [1.29, 1.82) is 0 Å². The lowest BCUT2D eigenvalue weighted by Crippen LogP contribution is -2.17. The highest BCUT2D eigenvalue weighted by molar-refractivity contribution is 5.78. The molecular weight excluding hydrogens is 198 g/mol. The molecule has 0 heterocycles. The minimum atomic E-state index is 0.489. The minimum Gasteiger partial charge on any atom is -0.330 e. The van der Waals surface area contributed by atoms with E-state index in [1.807, 2.05) is 0 Å². The molecule has 1 unspecified atom stereocenters. The van der Waals surface area contributed by atoms with Crippen LogP contribution in [0.15, 0.2) is 0 Å². The summed E-state index contributed by atoms with van der Waals surface area (Å²) in [6.07, 6.45) is 10.1. The Labute approximate surface area is 100.0 Å². The van der Waals surface area contributed by atoms with Crippen LogP contribution >= 0.6 is 0 Å². The second-order valence-corrected chi connectivity index (χ2v) is 5.31. The van der Waals surface area contributed by atoms with Gasteiger partial charge in [0.05, 0.1) is 0 Å². The van der Waals surface area contributed by atoms with Gasteiger partial charge in [0.15, 0.2) is 0 Å². The Bertz CT molecular complexity index is 193. The quantitative estimate of drug-likeness (QED) is 0.654. The van der Waals surface area contributed by atoms with Crippen LogP contribution in [0.2, 0.25) is 0 Å². The normalized spacial score (nSPS) is 18.1. The second kappa shape index (κ2) is 7.83. The number of Topliss-reactive ketones (excluding diaryl/α,β-unsaturated/α-hetero) is 1. The zero-order valence-corrected chi connectivity index (χ0v) is 10.7. The summed E-state index contributed by atoms with van der Waals surface area (Å²) in [5.74, 6) is 1.90. The van der Waals surface area contributed by atoms with Crippen LogP contribution < -0.4 is 5.73 Å². The van der Waals surface area contributed by atoms with Gasteiger partial charge in [0, 0.05) is 12.8 Å². The molecule has 1 aliphatic rings. The predicted molar refractivity (Wildman–Crippen MR) is 68.3 cm³/mol. The molecule has 2 heteroatoms. The van der Waals surface area contributed by atoms with E-state index < -0.39 is 0 Å². The van der Waals surface area contributed by atoms with Crippen molar-refractivity contribution < 1.29 is 4.79 Å². The van der Waals surface area contributed by atoms with Crippen molar-refractivity contribution in [2.24, 2.45) is 17.6 Å². The topological polar surface area (TPSA) is 43.1 Å². The van der Waals surface area contributed by atoms with Crippen molar-refractivity contribution in [3.8, 4) is 0 Å². The van der Waals surface area contributed by atoms with Gasteiger partial charge in [0.2, 0.25) is 0 Å². The number of rotatable bonds is 9. The molecule has 0 radical (unpaired) electrons. The number of carbonyl (C=O) groups is 1. The molecule has 0 aromatic heterocycles. The van der Waals surface area contributed by atoms with Gasteiger partial charge < -0.3 is 5.73 Å². The highest BCUT2D eigenvalue weighted by atomic mass is 16.1. The third-order valence-electron chi connectivity index (χ3n) is 3.84. The van der Waals surface area contributed by atoms with Crippen LogP contribution in [0, 0.1) is 11.8 Å². The highest BCUT2D eigenvalue weighted by Crippen LogP contribution is 2.30. The minimum absolute atomic E-state index is 0.489. The molecule has 1 saturated carbocycles. The summed E-state index contributed by atoms with van der Waals surface area (Å²) >= 11 is 0. The molecule has 1 atom stereocenters. The van der Waals surface area contributed by atoms with Gasteiger partial charge in [-0.05, 0) is 31.2 Å². The molecule has 1 fully saturated rings. The van der Waals surface area contributed by atoms with Gasteiger partial charge in [-0.2, -0.15) is 0 Å². The van der Waals surface area contributed by atoms with E-state index >= 15 is 0 Å². The van der Waals surface area contributed by atoms with Crippen LogP contribution in [0.5, 0.6) is 0 Å². The third-order valence-corrected chi connectivity index (χ3v) is 3.84. The van der Waals surface area contributed by atoms with Crippen molar-refractivity contribution in [3.63, 3.8) is 0 Å². The molecule has 0 amide bonds. The van der Waals surface area contributed by atoms with Gasteiger partial charge in [-0.25, -0.2) is 0 Å². The summed E-state index contributed by atoms with van der Waals surface area (Å²) in [7, 11) is 0. The van der Waals surface area contributed by atoms with E-state index in [2.05, 4.69) is 6.92 Å². The summed E-state index contributed by atoms with van der Waals surface area (Å²) in [6.45, 7) is 2.97. The Balaban J connectivity index is 2.11. The van der Waals surface area contributed by atoms with Crippen molar-refractivity contribution in [2.75, 3.05) is 6.54 Å². The van der Waals surface area contributed by atoms with E-state index in [-0.39, 0.29) is 0 Å². The van der Waals surface area contributed by atoms with Crippen LogP contribution in [0.4, 0.5) is 0 Å². The molecule has 0 aliphatic heterocycles. The molecule has 16 heavy (non-hydrogen) atoms. The van der Waals surface area contributed by atoms with Gasteiger partial charge in [-0.15, -0.1) is 0 Å². The molecule has 94 valence electrons. The van der Waals surface area contributed by atoms with Gasteiger partial charge in [0.1, 0.15) is 5.78 Å². The van der Waals surface area contributed by atoms with Crippen LogP contribution in [-0.4, -0.2) is 12.3 Å². The van der Waals surface area contributed by atoms with E-state index in [1.54, 1.807) is 0 Å². The van der Waals surface area contributed by atoms with Crippen LogP contribution in [0.1, 0.15) is 64.7 Å². The fraction of sp³-hybridized carbons (Fsp3) is 0.929. The standard InChI is InChI=1S/C14H27NO/c1-2-4-12(9-10-15)7-8-14(16)11-13-5-3-6-13/h12-13H,2-11,15H2,1H3. The summed E-state index contributed by atoms with van der Waals surface area (Å²) in [6, 6.07) is 0. The Morgan fingerprint density at radius 3 is 2.56 bits per heavy atom.